The largest absolute Gasteiger partial charge is 0.462 e. The molecule has 0 saturated heterocycles. The smallest absolute Gasteiger partial charge is 0.348 e. The summed E-state index contributed by atoms with van der Waals surface area (Å²) in [7, 11) is 0. The molecule has 27 heavy (non-hydrogen) atoms. The Bertz CT molecular complexity index is 894. The Morgan fingerprint density at radius 1 is 1.04 bits per heavy atom. The Morgan fingerprint density at radius 2 is 1.67 bits per heavy atom. The molecule has 0 saturated carbocycles. The van der Waals surface area contributed by atoms with E-state index in [1.165, 1.54) is 6.92 Å². The summed E-state index contributed by atoms with van der Waals surface area (Å²) < 4.78 is 36.3. The first-order valence-electron chi connectivity index (χ1n) is 8.04. The van der Waals surface area contributed by atoms with E-state index in [0.717, 1.165) is 29.5 Å². The van der Waals surface area contributed by atoms with Gasteiger partial charge < -0.3 is 14.8 Å². The van der Waals surface area contributed by atoms with Gasteiger partial charge in [-0.3, -0.25) is 4.79 Å². The number of rotatable bonds is 6. The molecule has 6 nitrogen and oxygen atoms in total. The Balaban J connectivity index is 2.42. The number of nitrogens with one attached hydrogen (secondary N) is 1. The number of amides is 1. The number of carbonyl (C=O) groups excluding carboxylic acids is 3. The van der Waals surface area contributed by atoms with E-state index in [-0.39, 0.29) is 34.2 Å². The molecule has 0 spiro atoms. The normalized spacial score (nSPS) is 10.4. The molecule has 144 valence electrons. The van der Waals surface area contributed by atoms with Gasteiger partial charge in [-0.1, -0.05) is 0 Å². The van der Waals surface area contributed by atoms with Crippen LogP contribution < -0.4 is 5.32 Å². The van der Waals surface area contributed by atoms with Gasteiger partial charge in [-0.25, -0.2) is 18.4 Å². The lowest BCUT2D eigenvalue weighted by atomic mass is 10.1. The molecule has 2 rings (SSSR count). The zero-order valence-corrected chi connectivity index (χ0v) is 15.7. The Labute approximate surface area is 158 Å². The molecule has 0 radical (unpaired) electrons. The fourth-order valence-corrected chi connectivity index (χ4v) is 3.34. The summed E-state index contributed by atoms with van der Waals surface area (Å²) in [6.45, 7) is 5.02. The molecule has 0 aliphatic carbocycles. The van der Waals surface area contributed by atoms with E-state index in [1.54, 1.807) is 13.8 Å². The van der Waals surface area contributed by atoms with Crippen molar-refractivity contribution in [3.8, 4) is 0 Å². The van der Waals surface area contributed by atoms with Crippen LogP contribution in [0.5, 0.6) is 0 Å². The van der Waals surface area contributed by atoms with Gasteiger partial charge in [-0.2, -0.15) is 0 Å². The molecule has 1 amide bonds. The maximum absolute atomic E-state index is 13.4. The van der Waals surface area contributed by atoms with Gasteiger partial charge >= 0.3 is 11.9 Å². The van der Waals surface area contributed by atoms with Crippen LogP contribution in [0.4, 0.5) is 13.8 Å². The fourth-order valence-electron chi connectivity index (χ4n) is 2.25. The number of esters is 2. The van der Waals surface area contributed by atoms with Crippen LogP contribution in [-0.2, 0) is 9.47 Å². The highest BCUT2D eigenvalue weighted by atomic mass is 32.1. The third-order valence-corrected chi connectivity index (χ3v) is 4.68. The molecule has 0 bridgehead atoms. The molecule has 0 atom stereocenters. The van der Waals surface area contributed by atoms with Crippen LogP contribution in [0.25, 0.3) is 0 Å². The van der Waals surface area contributed by atoms with E-state index in [4.69, 9.17) is 9.47 Å². The van der Waals surface area contributed by atoms with Crippen LogP contribution in [0.3, 0.4) is 0 Å². The summed E-state index contributed by atoms with van der Waals surface area (Å²) in [6.07, 6.45) is 0. The average Bonchev–Trinajstić information content (AvgIpc) is 2.94. The third-order valence-electron chi connectivity index (χ3n) is 3.50. The van der Waals surface area contributed by atoms with E-state index in [2.05, 4.69) is 5.32 Å². The van der Waals surface area contributed by atoms with Gasteiger partial charge in [-0.05, 0) is 44.5 Å². The van der Waals surface area contributed by atoms with Crippen LogP contribution in [0.15, 0.2) is 18.2 Å². The average molecular weight is 397 g/mol. The maximum atomic E-state index is 13.4. The van der Waals surface area contributed by atoms with Gasteiger partial charge in [0.25, 0.3) is 5.91 Å². The van der Waals surface area contributed by atoms with Gasteiger partial charge in [0.2, 0.25) is 0 Å². The summed E-state index contributed by atoms with van der Waals surface area (Å²) in [6, 6.07) is 2.66. The first kappa shape index (κ1) is 20.5. The van der Waals surface area contributed by atoms with E-state index >= 15 is 0 Å². The van der Waals surface area contributed by atoms with Crippen LogP contribution in [0, 0.1) is 18.6 Å². The van der Waals surface area contributed by atoms with Crippen molar-refractivity contribution in [1.82, 2.24) is 0 Å². The molecule has 1 aromatic carbocycles. The number of carbonyl (C=O) groups is 3. The molecule has 9 heteroatoms. The second-order valence-corrected chi connectivity index (χ2v) is 6.30. The standard InChI is InChI=1S/C18H17F2NO5S/c1-4-25-17(23)13-9(3)14(18(24)26-5-2)27-16(13)21-15(22)10-6-7-11(19)12(20)8-10/h6-8H,4-5H2,1-3H3,(H,21,22). The number of hydrogen-bond acceptors (Lipinski definition) is 6. The van der Waals surface area contributed by atoms with E-state index in [9.17, 15) is 23.2 Å². The number of hydrogen-bond donors (Lipinski definition) is 1. The van der Waals surface area contributed by atoms with Gasteiger partial charge in [0.1, 0.15) is 9.88 Å². The Kier molecular flexibility index (Phi) is 6.62. The molecule has 1 aromatic heterocycles. The van der Waals surface area contributed by atoms with Crippen molar-refractivity contribution in [2.75, 3.05) is 18.5 Å². The summed E-state index contributed by atoms with van der Waals surface area (Å²) in [5, 5.41) is 2.51. The summed E-state index contributed by atoms with van der Waals surface area (Å²) >= 11 is 0.844. The highest BCUT2D eigenvalue weighted by Crippen LogP contribution is 2.34. The second-order valence-electron chi connectivity index (χ2n) is 5.28. The van der Waals surface area contributed by atoms with E-state index in [1.807, 2.05) is 0 Å². The van der Waals surface area contributed by atoms with Gasteiger partial charge in [0.05, 0.1) is 18.8 Å². The lowest BCUT2D eigenvalue weighted by molar-refractivity contribution is 0.0527. The number of halogens is 2. The van der Waals surface area contributed by atoms with Crippen molar-refractivity contribution in [3.63, 3.8) is 0 Å². The number of ether oxygens (including phenoxy) is 2. The van der Waals surface area contributed by atoms with Crippen molar-refractivity contribution >= 4 is 34.2 Å². The molecule has 2 aromatic rings. The number of anilines is 1. The lowest BCUT2D eigenvalue weighted by Gasteiger charge is -2.07. The third kappa shape index (κ3) is 4.48. The minimum atomic E-state index is -1.18. The summed E-state index contributed by atoms with van der Waals surface area (Å²) in [5.41, 5.74) is 0.172. The van der Waals surface area contributed by atoms with Crippen LogP contribution in [-0.4, -0.2) is 31.1 Å². The molecule has 0 fully saturated rings. The van der Waals surface area contributed by atoms with Crippen molar-refractivity contribution < 1.29 is 32.6 Å². The first-order valence-corrected chi connectivity index (χ1v) is 8.85. The van der Waals surface area contributed by atoms with Crippen LogP contribution in [0.2, 0.25) is 0 Å². The molecular weight excluding hydrogens is 380 g/mol. The van der Waals surface area contributed by atoms with E-state index in [0.29, 0.717) is 5.56 Å². The van der Waals surface area contributed by atoms with Gasteiger partial charge in [-0.15, -0.1) is 11.3 Å². The second kappa shape index (κ2) is 8.72. The highest BCUT2D eigenvalue weighted by molar-refractivity contribution is 7.18. The molecular formula is C18H17F2NO5S. The van der Waals surface area contributed by atoms with Crippen molar-refractivity contribution in [2.45, 2.75) is 20.8 Å². The highest BCUT2D eigenvalue weighted by Gasteiger charge is 2.27. The number of benzene rings is 1. The van der Waals surface area contributed by atoms with E-state index < -0.39 is 29.5 Å². The predicted molar refractivity (Wildman–Crippen MR) is 95.3 cm³/mol. The Morgan fingerprint density at radius 3 is 2.26 bits per heavy atom. The molecule has 0 aliphatic heterocycles. The van der Waals surface area contributed by atoms with Crippen molar-refractivity contribution in [2.24, 2.45) is 0 Å². The quantitative estimate of drug-likeness (QED) is 0.747. The molecule has 1 N–H and O–H groups in total. The SMILES string of the molecule is CCOC(=O)c1sc(NC(=O)c2ccc(F)c(F)c2)c(C(=O)OCC)c1C. The Hall–Kier alpha value is -2.81. The van der Waals surface area contributed by atoms with Crippen molar-refractivity contribution in [1.29, 1.82) is 0 Å². The zero-order valence-electron chi connectivity index (χ0n) is 14.9. The topological polar surface area (TPSA) is 81.7 Å². The summed E-state index contributed by atoms with van der Waals surface area (Å²) in [4.78, 5) is 36.9. The predicted octanol–water partition coefficient (Wildman–Crippen LogP) is 3.94. The monoisotopic (exact) mass is 397 g/mol. The first-order chi connectivity index (χ1) is 12.8. The van der Waals surface area contributed by atoms with Crippen LogP contribution in [0.1, 0.15) is 49.8 Å². The number of thiophene rings is 1. The molecule has 1 heterocycles. The zero-order chi connectivity index (χ0) is 20.1. The van der Waals surface area contributed by atoms with Gasteiger partial charge in [0, 0.05) is 5.56 Å². The van der Waals surface area contributed by atoms with Crippen LogP contribution >= 0.6 is 11.3 Å². The fraction of sp³-hybridized carbons (Fsp3) is 0.278. The lowest BCUT2D eigenvalue weighted by Crippen LogP contribution is -2.15. The molecule has 0 unspecified atom stereocenters. The van der Waals surface area contributed by atoms with Gasteiger partial charge in [0.15, 0.2) is 11.6 Å². The summed E-state index contributed by atoms with van der Waals surface area (Å²) in [5.74, 6) is -4.39. The maximum Gasteiger partial charge on any atom is 0.348 e. The minimum absolute atomic E-state index is 0.0147. The minimum Gasteiger partial charge on any atom is -0.462 e. The molecule has 0 aliphatic rings. The van der Waals surface area contributed by atoms with Crippen molar-refractivity contribution in [3.05, 3.63) is 51.4 Å².